The van der Waals surface area contributed by atoms with Crippen molar-refractivity contribution in [3.05, 3.63) is 24.3 Å². The molecule has 0 saturated heterocycles. The first-order chi connectivity index (χ1) is 7.38. The van der Waals surface area contributed by atoms with Gasteiger partial charge in [-0.05, 0) is 24.3 Å². The Morgan fingerprint density at radius 3 is 2.60 bits per heavy atom. The van der Waals surface area contributed by atoms with Crippen LogP contribution in [0.5, 0.6) is 11.5 Å². The van der Waals surface area contributed by atoms with E-state index in [1.165, 1.54) is 0 Å². The zero-order chi connectivity index (χ0) is 10.5. The Hall–Kier alpha value is -1.71. The molecule has 0 bridgehead atoms. The fraction of sp³-hybridized carbons (Fsp3) is 0.364. The molecule has 1 aromatic rings. The number of nitrogens with one attached hydrogen (secondary N) is 1. The van der Waals surface area contributed by atoms with E-state index in [1.54, 1.807) is 7.11 Å². The van der Waals surface area contributed by atoms with Gasteiger partial charge in [-0.15, -0.1) is 0 Å². The molecule has 0 spiro atoms. The van der Waals surface area contributed by atoms with Crippen LogP contribution in [0.4, 0.5) is 0 Å². The molecule has 0 saturated carbocycles. The highest BCUT2D eigenvalue weighted by atomic mass is 16.5. The van der Waals surface area contributed by atoms with Crippen molar-refractivity contribution in [3.63, 3.8) is 0 Å². The number of ether oxygens (including phenoxy) is 2. The summed E-state index contributed by atoms with van der Waals surface area (Å²) in [5.41, 5.74) is 0. The molecule has 15 heavy (non-hydrogen) atoms. The smallest absolute Gasteiger partial charge is 0.145 e. The summed E-state index contributed by atoms with van der Waals surface area (Å²) in [5.74, 6) is 2.58. The minimum Gasteiger partial charge on any atom is -0.497 e. The van der Waals surface area contributed by atoms with Crippen molar-refractivity contribution in [1.29, 1.82) is 0 Å². The van der Waals surface area contributed by atoms with Gasteiger partial charge >= 0.3 is 0 Å². The van der Waals surface area contributed by atoms with E-state index >= 15 is 0 Å². The van der Waals surface area contributed by atoms with Crippen molar-refractivity contribution in [2.75, 3.05) is 26.8 Å². The monoisotopic (exact) mass is 206 g/mol. The predicted molar refractivity (Wildman–Crippen MR) is 58.8 cm³/mol. The van der Waals surface area contributed by atoms with Crippen LogP contribution in [0.1, 0.15) is 0 Å². The van der Waals surface area contributed by atoms with Crippen LogP contribution in [0.25, 0.3) is 0 Å². The molecule has 0 unspecified atom stereocenters. The standard InChI is InChI=1S/C11H14N2O2/c1-14-9-2-4-10(5-3-9)15-8-11-12-6-7-13-11/h2-5H,6-8H2,1H3,(H,12,13). The summed E-state index contributed by atoms with van der Waals surface area (Å²) in [4.78, 5) is 4.24. The van der Waals surface area contributed by atoms with Crippen molar-refractivity contribution in [2.24, 2.45) is 4.99 Å². The van der Waals surface area contributed by atoms with Gasteiger partial charge in [-0.3, -0.25) is 4.99 Å². The molecule has 0 amide bonds. The third-order valence-corrected chi connectivity index (χ3v) is 2.18. The van der Waals surface area contributed by atoms with Crippen molar-refractivity contribution < 1.29 is 9.47 Å². The number of hydrogen-bond acceptors (Lipinski definition) is 4. The topological polar surface area (TPSA) is 42.9 Å². The summed E-state index contributed by atoms with van der Waals surface area (Å²) >= 11 is 0. The fourth-order valence-electron chi connectivity index (χ4n) is 1.37. The van der Waals surface area contributed by atoms with E-state index in [-0.39, 0.29) is 0 Å². The highest BCUT2D eigenvalue weighted by Crippen LogP contribution is 2.16. The van der Waals surface area contributed by atoms with Gasteiger partial charge in [0, 0.05) is 6.54 Å². The van der Waals surface area contributed by atoms with E-state index in [0.29, 0.717) is 6.61 Å². The first kappa shape index (κ1) is 9.83. The lowest BCUT2D eigenvalue weighted by Gasteiger charge is -2.07. The molecule has 80 valence electrons. The minimum absolute atomic E-state index is 0.506. The molecule has 0 aromatic heterocycles. The Balaban J connectivity index is 1.87. The van der Waals surface area contributed by atoms with E-state index < -0.39 is 0 Å². The maximum Gasteiger partial charge on any atom is 0.145 e. The summed E-state index contributed by atoms with van der Waals surface area (Å²) in [6.07, 6.45) is 0. The second kappa shape index (κ2) is 4.68. The SMILES string of the molecule is COc1ccc(OCC2=NCCN2)cc1. The molecular formula is C11H14N2O2. The molecule has 1 aliphatic heterocycles. The summed E-state index contributed by atoms with van der Waals surface area (Å²) in [6.45, 7) is 2.27. The molecule has 1 aliphatic rings. The van der Waals surface area contributed by atoms with Gasteiger partial charge in [0.2, 0.25) is 0 Å². The average Bonchev–Trinajstić information content (AvgIpc) is 2.80. The molecule has 1 N–H and O–H groups in total. The second-order valence-electron chi connectivity index (χ2n) is 3.22. The maximum absolute atomic E-state index is 5.54. The van der Waals surface area contributed by atoms with E-state index in [1.807, 2.05) is 24.3 Å². The first-order valence-electron chi connectivity index (χ1n) is 4.92. The van der Waals surface area contributed by atoms with E-state index in [2.05, 4.69) is 10.3 Å². The average molecular weight is 206 g/mol. The zero-order valence-corrected chi connectivity index (χ0v) is 8.69. The van der Waals surface area contributed by atoms with Crippen LogP contribution in [-0.4, -0.2) is 32.6 Å². The highest BCUT2D eigenvalue weighted by Gasteiger charge is 2.05. The second-order valence-corrected chi connectivity index (χ2v) is 3.22. The van der Waals surface area contributed by atoms with E-state index in [9.17, 15) is 0 Å². The van der Waals surface area contributed by atoms with Crippen molar-refractivity contribution >= 4 is 5.84 Å². The van der Waals surface area contributed by atoms with Gasteiger partial charge < -0.3 is 14.8 Å². The molecule has 0 atom stereocenters. The minimum atomic E-state index is 0.506. The number of hydrogen-bond donors (Lipinski definition) is 1. The van der Waals surface area contributed by atoms with Gasteiger partial charge in [0.1, 0.15) is 23.9 Å². The Labute approximate surface area is 88.9 Å². The third kappa shape index (κ3) is 2.62. The number of nitrogens with zero attached hydrogens (tertiary/aromatic N) is 1. The lowest BCUT2D eigenvalue weighted by atomic mass is 10.3. The molecule has 0 aliphatic carbocycles. The van der Waals surface area contributed by atoms with Crippen LogP contribution in [-0.2, 0) is 0 Å². The largest absolute Gasteiger partial charge is 0.497 e. The molecule has 4 heteroatoms. The van der Waals surface area contributed by atoms with Gasteiger partial charge in [0.25, 0.3) is 0 Å². The number of benzene rings is 1. The van der Waals surface area contributed by atoms with Crippen LogP contribution >= 0.6 is 0 Å². The lowest BCUT2D eigenvalue weighted by Crippen LogP contribution is -2.24. The normalized spacial score (nSPS) is 14.3. The van der Waals surface area contributed by atoms with Gasteiger partial charge in [-0.25, -0.2) is 0 Å². The molecule has 0 fully saturated rings. The number of aliphatic imine (C=N–C) groups is 1. The van der Waals surface area contributed by atoms with Crippen LogP contribution in [0.3, 0.4) is 0 Å². The number of amidine groups is 1. The van der Waals surface area contributed by atoms with Crippen molar-refractivity contribution in [1.82, 2.24) is 5.32 Å². The quantitative estimate of drug-likeness (QED) is 0.801. The third-order valence-electron chi connectivity index (χ3n) is 2.18. The van der Waals surface area contributed by atoms with Crippen LogP contribution in [0.15, 0.2) is 29.3 Å². The Bertz CT molecular complexity index is 346. The molecule has 1 aromatic carbocycles. The van der Waals surface area contributed by atoms with Gasteiger partial charge in [-0.2, -0.15) is 0 Å². The lowest BCUT2D eigenvalue weighted by molar-refractivity contribution is 0.371. The van der Waals surface area contributed by atoms with E-state index in [4.69, 9.17) is 9.47 Å². The van der Waals surface area contributed by atoms with Crippen LogP contribution in [0.2, 0.25) is 0 Å². The number of rotatable bonds is 4. The van der Waals surface area contributed by atoms with Crippen LogP contribution in [0, 0.1) is 0 Å². The van der Waals surface area contributed by atoms with Crippen molar-refractivity contribution in [3.8, 4) is 11.5 Å². The Morgan fingerprint density at radius 2 is 2.00 bits per heavy atom. The van der Waals surface area contributed by atoms with E-state index in [0.717, 1.165) is 30.4 Å². The van der Waals surface area contributed by atoms with Crippen LogP contribution < -0.4 is 14.8 Å². The summed E-state index contributed by atoms with van der Waals surface area (Å²) < 4.78 is 10.6. The maximum atomic E-state index is 5.54. The van der Waals surface area contributed by atoms with Crippen molar-refractivity contribution in [2.45, 2.75) is 0 Å². The molecule has 4 nitrogen and oxygen atoms in total. The molecule has 2 rings (SSSR count). The molecular weight excluding hydrogens is 192 g/mol. The summed E-state index contributed by atoms with van der Waals surface area (Å²) in [7, 11) is 1.65. The zero-order valence-electron chi connectivity index (χ0n) is 8.69. The molecule has 0 radical (unpaired) electrons. The predicted octanol–water partition coefficient (Wildman–Crippen LogP) is 1.08. The van der Waals surface area contributed by atoms with Gasteiger partial charge in [-0.1, -0.05) is 0 Å². The summed E-state index contributed by atoms with van der Waals surface area (Å²) in [5, 5.41) is 3.15. The van der Waals surface area contributed by atoms with Gasteiger partial charge in [0.15, 0.2) is 0 Å². The van der Waals surface area contributed by atoms with Gasteiger partial charge in [0.05, 0.1) is 13.7 Å². The first-order valence-corrected chi connectivity index (χ1v) is 4.92. The summed E-state index contributed by atoms with van der Waals surface area (Å²) in [6, 6.07) is 7.52. The fourth-order valence-corrected chi connectivity index (χ4v) is 1.37. The number of methoxy groups -OCH3 is 1. The Morgan fingerprint density at radius 1 is 1.27 bits per heavy atom. The highest BCUT2D eigenvalue weighted by molar-refractivity contribution is 5.84. The Kier molecular flexibility index (Phi) is 3.07. The molecule has 1 heterocycles.